The monoisotopic (exact) mass is 389 g/mol. The zero-order valence-electron chi connectivity index (χ0n) is 16.1. The first-order valence-corrected chi connectivity index (χ1v) is 9.32. The molecule has 2 aromatic carbocycles. The summed E-state index contributed by atoms with van der Waals surface area (Å²) >= 11 is 0. The molecule has 3 rings (SSSR count). The molecule has 7 heteroatoms. The average Bonchev–Trinajstić information content (AvgIpc) is 2.71. The highest BCUT2D eigenvalue weighted by molar-refractivity contribution is 5.94. The number of carbonyl (C=O) groups excluding carboxylic acids is 1. The summed E-state index contributed by atoms with van der Waals surface area (Å²) in [6.07, 6.45) is 0. The molecule has 150 valence electrons. The van der Waals surface area contributed by atoms with E-state index >= 15 is 0 Å². The number of likely N-dealkylation sites (N-methyl/N-ethyl adjacent to an activating group) is 1. The van der Waals surface area contributed by atoms with E-state index < -0.39 is 17.7 Å². The van der Waals surface area contributed by atoms with E-state index in [0.717, 1.165) is 36.5 Å². The van der Waals surface area contributed by atoms with E-state index in [-0.39, 0.29) is 11.6 Å². The summed E-state index contributed by atoms with van der Waals surface area (Å²) in [7, 11) is 1.87. The molecule has 0 saturated carbocycles. The Balaban J connectivity index is 1.66. The molecule has 1 aliphatic heterocycles. The standard InChI is InChI=1S/C21H25F2N3O2/c1-15(21(27)24-17-7-8-18(22)19(23)13-17)25(2)14-16-5-3-4-6-20(16)26-9-11-28-12-10-26/h3-8,13,15H,9-12,14H2,1-2H3,(H,24,27). The van der Waals surface area contributed by atoms with Crippen LogP contribution in [-0.2, 0) is 16.1 Å². The van der Waals surface area contributed by atoms with Crippen molar-refractivity contribution in [2.75, 3.05) is 43.6 Å². The summed E-state index contributed by atoms with van der Waals surface area (Å²) in [4.78, 5) is 16.7. The molecule has 2 aromatic rings. The Morgan fingerprint density at radius 3 is 2.61 bits per heavy atom. The summed E-state index contributed by atoms with van der Waals surface area (Å²) in [5, 5.41) is 2.64. The molecule has 0 bridgehead atoms. The van der Waals surface area contributed by atoms with Gasteiger partial charge in [-0.1, -0.05) is 18.2 Å². The van der Waals surface area contributed by atoms with Gasteiger partial charge in [0.1, 0.15) is 0 Å². The van der Waals surface area contributed by atoms with E-state index in [2.05, 4.69) is 22.3 Å². The fraction of sp³-hybridized carbons (Fsp3) is 0.381. The number of para-hydroxylation sites is 1. The number of nitrogens with zero attached hydrogens (tertiary/aromatic N) is 2. The molecule has 1 fully saturated rings. The van der Waals surface area contributed by atoms with Gasteiger partial charge in [0.05, 0.1) is 19.3 Å². The van der Waals surface area contributed by atoms with Crippen molar-refractivity contribution >= 4 is 17.3 Å². The highest BCUT2D eigenvalue weighted by atomic mass is 19.2. The minimum absolute atomic E-state index is 0.234. The van der Waals surface area contributed by atoms with Gasteiger partial charge in [-0.3, -0.25) is 9.69 Å². The van der Waals surface area contributed by atoms with Gasteiger partial charge in [-0.2, -0.15) is 0 Å². The minimum atomic E-state index is -0.988. The number of morpholine rings is 1. The molecule has 1 unspecified atom stereocenters. The number of benzene rings is 2. The topological polar surface area (TPSA) is 44.8 Å². The second-order valence-electron chi connectivity index (χ2n) is 6.94. The van der Waals surface area contributed by atoms with Crippen molar-refractivity contribution in [2.24, 2.45) is 0 Å². The van der Waals surface area contributed by atoms with E-state index in [1.165, 1.54) is 6.07 Å². The van der Waals surface area contributed by atoms with Crippen LogP contribution >= 0.6 is 0 Å². The number of amides is 1. The maximum atomic E-state index is 13.3. The third-order valence-corrected chi connectivity index (χ3v) is 4.99. The Morgan fingerprint density at radius 1 is 1.18 bits per heavy atom. The van der Waals surface area contributed by atoms with Crippen LogP contribution in [0.4, 0.5) is 20.2 Å². The van der Waals surface area contributed by atoms with Crippen LogP contribution in [0.3, 0.4) is 0 Å². The first-order valence-electron chi connectivity index (χ1n) is 9.32. The van der Waals surface area contributed by atoms with Crippen molar-refractivity contribution in [2.45, 2.75) is 19.5 Å². The molecule has 0 aliphatic carbocycles. The van der Waals surface area contributed by atoms with Crippen molar-refractivity contribution in [1.82, 2.24) is 4.90 Å². The first kappa shape index (κ1) is 20.2. The van der Waals surface area contributed by atoms with Gasteiger partial charge in [0.25, 0.3) is 0 Å². The molecule has 1 atom stereocenters. The Labute approximate surface area is 163 Å². The molecule has 1 heterocycles. The molecule has 1 saturated heterocycles. The summed E-state index contributed by atoms with van der Waals surface area (Å²) in [6.45, 7) is 5.46. The Hall–Kier alpha value is -2.51. The van der Waals surface area contributed by atoms with E-state index in [0.29, 0.717) is 19.8 Å². The molecule has 1 aliphatic rings. The molecule has 0 spiro atoms. The number of nitrogens with one attached hydrogen (secondary N) is 1. The van der Waals surface area contributed by atoms with Gasteiger partial charge >= 0.3 is 0 Å². The number of halogens is 2. The lowest BCUT2D eigenvalue weighted by atomic mass is 10.1. The zero-order valence-corrected chi connectivity index (χ0v) is 16.1. The molecule has 5 nitrogen and oxygen atoms in total. The van der Waals surface area contributed by atoms with Gasteiger partial charge in [0, 0.05) is 37.1 Å². The number of hydrogen-bond donors (Lipinski definition) is 1. The summed E-state index contributed by atoms with van der Waals surface area (Å²) in [5.74, 6) is -2.21. The largest absolute Gasteiger partial charge is 0.378 e. The Morgan fingerprint density at radius 2 is 1.89 bits per heavy atom. The molecule has 1 N–H and O–H groups in total. The fourth-order valence-electron chi connectivity index (χ4n) is 3.18. The van der Waals surface area contributed by atoms with Gasteiger partial charge in [-0.05, 0) is 37.7 Å². The predicted octanol–water partition coefficient (Wildman–Crippen LogP) is 3.26. The molecule has 1 amide bonds. The average molecular weight is 389 g/mol. The van der Waals surface area contributed by atoms with Crippen LogP contribution in [0.1, 0.15) is 12.5 Å². The third-order valence-electron chi connectivity index (χ3n) is 4.99. The SMILES string of the molecule is CC(C(=O)Nc1ccc(F)c(F)c1)N(C)Cc1ccccc1N1CCOCC1. The van der Waals surface area contributed by atoms with Gasteiger partial charge < -0.3 is 15.0 Å². The van der Waals surface area contributed by atoms with Crippen molar-refractivity contribution < 1.29 is 18.3 Å². The van der Waals surface area contributed by atoms with E-state index in [1.54, 1.807) is 6.92 Å². The van der Waals surface area contributed by atoms with Crippen molar-refractivity contribution in [3.05, 3.63) is 59.7 Å². The maximum absolute atomic E-state index is 13.3. The lowest BCUT2D eigenvalue weighted by Gasteiger charge is -2.32. The van der Waals surface area contributed by atoms with Crippen LogP contribution in [-0.4, -0.2) is 50.2 Å². The first-order chi connectivity index (χ1) is 13.5. The Kier molecular flexibility index (Phi) is 6.59. The molecular weight excluding hydrogens is 364 g/mol. The molecular formula is C21H25F2N3O2. The van der Waals surface area contributed by atoms with E-state index in [4.69, 9.17) is 4.74 Å². The quantitative estimate of drug-likeness (QED) is 0.824. The minimum Gasteiger partial charge on any atom is -0.378 e. The van der Waals surface area contributed by atoms with Gasteiger partial charge in [-0.15, -0.1) is 0 Å². The highest BCUT2D eigenvalue weighted by Gasteiger charge is 2.21. The number of ether oxygens (including phenoxy) is 1. The highest BCUT2D eigenvalue weighted by Crippen LogP contribution is 2.23. The van der Waals surface area contributed by atoms with E-state index in [1.807, 2.05) is 24.1 Å². The number of rotatable bonds is 6. The maximum Gasteiger partial charge on any atom is 0.241 e. The predicted molar refractivity (Wildman–Crippen MR) is 105 cm³/mol. The Bertz CT molecular complexity index is 825. The van der Waals surface area contributed by atoms with E-state index in [9.17, 15) is 13.6 Å². The second kappa shape index (κ2) is 9.12. The van der Waals surface area contributed by atoms with Crippen molar-refractivity contribution in [3.8, 4) is 0 Å². The van der Waals surface area contributed by atoms with Crippen LogP contribution in [0.2, 0.25) is 0 Å². The number of anilines is 2. The normalized spacial score (nSPS) is 15.5. The second-order valence-corrected chi connectivity index (χ2v) is 6.94. The van der Waals surface area contributed by atoms with Crippen LogP contribution < -0.4 is 10.2 Å². The molecule has 0 radical (unpaired) electrons. The smallest absolute Gasteiger partial charge is 0.241 e. The molecule has 0 aromatic heterocycles. The van der Waals surface area contributed by atoms with Crippen LogP contribution in [0.15, 0.2) is 42.5 Å². The van der Waals surface area contributed by atoms with Crippen LogP contribution in [0, 0.1) is 11.6 Å². The fourth-order valence-corrected chi connectivity index (χ4v) is 3.18. The van der Waals surface area contributed by atoms with Crippen molar-refractivity contribution in [1.29, 1.82) is 0 Å². The third kappa shape index (κ3) is 4.85. The molecule has 28 heavy (non-hydrogen) atoms. The van der Waals surface area contributed by atoms with Crippen molar-refractivity contribution in [3.63, 3.8) is 0 Å². The van der Waals surface area contributed by atoms with Gasteiger partial charge in [0.2, 0.25) is 5.91 Å². The lowest BCUT2D eigenvalue weighted by Crippen LogP contribution is -2.40. The zero-order chi connectivity index (χ0) is 20.1. The van der Waals surface area contributed by atoms with Gasteiger partial charge in [-0.25, -0.2) is 8.78 Å². The summed E-state index contributed by atoms with van der Waals surface area (Å²) in [6, 6.07) is 11.0. The summed E-state index contributed by atoms with van der Waals surface area (Å²) < 4.78 is 31.8. The number of carbonyl (C=O) groups is 1. The van der Waals surface area contributed by atoms with Gasteiger partial charge in [0.15, 0.2) is 11.6 Å². The van der Waals surface area contributed by atoms with Crippen LogP contribution in [0.5, 0.6) is 0 Å². The number of hydrogen-bond acceptors (Lipinski definition) is 4. The summed E-state index contributed by atoms with van der Waals surface area (Å²) in [5.41, 5.74) is 2.50. The lowest BCUT2D eigenvalue weighted by molar-refractivity contribution is -0.120. The van der Waals surface area contributed by atoms with Crippen LogP contribution in [0.25, 0.3) is 0 Å².